The normalized spacial score (nSPS) is 29.8. The number of ether oxygens (including phenoxy) is 2. The van der Waals surface area contributed by atoms with Gasteiger partial charge in [0.2, 0.25) is 0 Å². The van der Waals surface area contributed by atoms with Crippen LogP contribution < -0.4 is 5.32 Å². The molecule has 140 valence electrons. The summed E-state index contributed by atoms with van der Waals surface area (Å²) in [6.45, 7) is 9.05. The minimum Gasteiger partial charge on any atom is -0.381 e. The summed E-state index contributed by atoms with van der Waals surface area (Å²) in [7, 11) is 1.90. The Kier molecular flexibility index (Phi) is 7.96. The maximum absolute atomic E-state index is 5.64. The van der Waals surface area contributed by atoms with Crippen molar-refractivity contribution in [1.82, 2.24) is 10.2 Å². The van der Waals surface area contributed by atoms with E-state index in [1.807, 2.05) is 7.05 Å². The smallest absolute Gasteiger partial charge is 0.193 e. The molecule has 0 aromatic carbocycles. The number of rotatable bonds is 4. The van der Waals surface area contributed by atoms with Gasteiger partial charge in [0, 0.05) is 56.7 Å². The number of guanidine groups is 1. The second-order valence-electron chi connectivity index (χ2n) is 7.10. The van der Waals surface area contributed by atoms with Crippen LogP contribution in [0.1, 0.15) is 32.6 Å². The van der Waals surface area contributed by atoms with Crippen molar-refractivity contribution in [3.8, 4) is 0 Å². The van der Waals surface area contributed by atoms with E-state index >= 15 is 0 Å². The van der Waals surface area contributed by atoms with Gasteiger partial charge in [0.1, 0.15) is 0 Å². The van der Waals surface area contributed by atoms with E-state index in [4.69, 9.17) is 9.47 Å². The first-order valence-corrected chi connectivity index (χ1v) is 9.95. The third-order valence-electron chi connectivity index (χ3n) is 5.56. The molecule has 5 nitrogen and oxygen atoms in total. The van der Waals surface area contributed by atoms with Crippen LogP contribution >= 0.6 is 35.7 Å². The molecule has 1 spiro atoms. The summed E-state index contributed by atoms with van der Waals surface area (Å²) in [5.41, 5.74) is 0.381. The molecule has 3 rings (SSSR count). The molecule has 0 amide bonds. The minimum absolute atomic E-state index is 0. The van der Waals surface area contributed by atoms with Crippen LogP contribution in [0, 0.1) is 5.41 Å². The Balaban J connectivity index is 0.00000208. The fourth-order valence-corrected chi connectivity index (χ4v) is 5.32. The van der Waals surface area contributed by atoms with Crippen molar-refractivity contribution in [2.75, 3.05) is 58.9 Å². The molecule has 0 aliphatic carbocycles. The number of hydrogen-bond donors (Lipinski definition) is 1. The zero-order chi connectivity index (χ0) is 16.2. The van der Waals surface area contributed by atoms with Gasteiger partial charge < -0.3 is 19.7 Å². The zero-order valence-electron chi connectivity index (χ0n) is 15.0. The van der Waals surface area contributed by atoms with E-state index in [-0.39, 0.29) is 24.0 Å². The molecule has 0 aromatic rings. The van der Waals surface area contributed by atoms with Gasteiger partial charge in [0.15, 0.2) is 5.96 Å². The topological polar surface area (TPSA) is 46.1 Å². The first-order chi connectivity index (χ1) is 11.2. The molecule has 0 saturated carbocycles. The number of likely N-dealkylation sites (tertiary alicyclic amines) is 1. The highest BCUT2D eigenvalue weighted by Gasteiger charge is 2.42. The van der Waals surface area contributed by atoms with Crippen molar-refractivity contribution < 1.29 is 9.47 Å². The van der Waals surface area contributed by atoms with Crippen molar-refractivity contribution in [2.24, 2.45) is 10.4 Å². The van der Waals surface area contributed by atoms with E-state index in [2.05, 4.69) is 33.9 Å². The second kappa shape index (κ2) is 9.28. The lowest BCUT2D eigenvalue weighted by Crippen LogP contribution is -2.49. The van der Waals surface area contributed by atoms with Crippen LogP contribution in [0.2, 0.25) is 0 Å². The lowest BCUT2D eigenvalue weighted by atomic mass is 9.87. The highest BCUT2D eigenvalue weighted by atomic mass is 127. The number of hydrogen-bond acceptors (Lipinski definition) is 4. The molecule has 3 aliphatic heterocycles. The third kappa shape index (κ3) is 4.71. The van der Waals surface area contributed by atoms with Crippen molar-refractivity contribution in [1.29, 1.82) is 0 Å². The Labute approximate surface area is 167 Å². The van der Waals surface area contributed by atoms with Gasteiger partial charge in [0.25, 0.3) is 0 Å². The summed E-state index contributed by atoms with van der Waals surface area (Å²) in [5, 5.41) is 3.67. The minimum atomic E-state index is 0. The lowest BCUT2D eigenvalue weighted by molar-refractivity contribution is 0.0780. The number of nitrogens with zero attached hydrogens (tertiary/aromatic N) is 2. The van der Waals surface area contributed by atoms with Crippen LogP contribution in [-0.2, 0) is 9.47 Å². The predicted molar refractivity (Wildman–Crippen MR) is 112 cm³/mol. The molecular formula is C17H32IN3O2S. The Bertz CT molecular complexity index is 419. The van der Waals surface area contributed by atoms with Gasteiger partial charge >= 0.3 is 0 Å². The molecule has 7 heteroatoms. The van der Waals surface area contributed by atoms with Crippen molar-refractivity contribution in [3.05, 3.63) is 0 Å². The standard InChI is InChI=1S/C17H31N3O2S.HI/c1-3-23-17(6-10-21-11-7-17)12-19-15(18-2)20-8-4-16(13-20)5-9-22-14-16;/h3-14H2,1-2H3,(H,18,19);1H. The van der Waals surface area contributed by atoms with Gasteiger partial charge in [-0.15, -0.1) is 24.0 Å². The molecule has 1 N–H and O–H groups in total. The van der Waals surface area contributed by atoms with E-state index in [0.717, 1.165) is 70.6 Å². The monoisotopic (exact) mass is 469 g/mol. The van der Waals surface area contributed by atoms with Crippen LogP contribution in [0.3, 0.4) is 0 Å². The molecular weight excluding hydrogens is 437 g/mol. The lowest BCUT2D eigenvalue weighted by Gasteiger charge is -2.37. The fraction of sp³-hybridized carbons (Fsp3) is 0.941. The average Bonchev–Trinajstić information content (AvgIpc) is 3.20. The number of aliphatic imine (C=N–C) groups is 1. The fourth-order valence-electron chi connectivity index (χ4n) is 4.08. The summed E-state index contributed by atoms with van der Waals surface area (Å²) in [6, 6.07) is 0. The van der Waals surface area contributed by atoms with Crippen LogP contribution in [0.25, 0.3) is 0 Å². The summed E-state index contributed by atoms with van der Waals surface area (Å²) >= 11 is 2.08. The highest BCUT2D eigenvalue weighted by Crippen LogP contribution is 2.38. The molecule has 0 aromatic heterocycles. The average molecular weight is 469 g/mol. The van der Waals surface area contributed by atoms with Crippen molar-refractivity contribution in [3.63, 3.8) is 0 Å². The van der Waals surface area contributed by atoms with Gasteiger partial charge in [-0.2, -0.15) is 11.8 Å². The Morgan fingerprint density at radius 3 is 2.54 bits per heavy atom. The number of halogens is 1. The molecule has 3 aliphatic rings. The molecule has 3 saturated heterocycles. The Morgan fingerprint density at radius 2 is 1.92 bits per heavy atom. The zero-order valence-corrected chi connectivity index (χ0v) is 18.2. The molecule has 24 heavy (non-hydrogen) atoms. The molecule has 1 unspecified atom stereocenters. The summed E-state index contributed by atoms with van der Waals surface area (Å²) in [5.74, 6) is 2.22. The maximum atomic E-state index is 5.64. The quantitative estimate of drug-likeness (QED) is 0.390. The number of nitrogens with one attached hydrogen (secondary N) is 1. The molecule has 0 bridgehead atoms. The van der Waals surface area contributed by atoms with Crippen LogP contribution in [0.4, 0.5) is 0 Å². The second-order valence-corrected chi connectivity index (χ2v) is 8.84. The summed E-state index contributed by atoms with van der Waals surface area (Å²) < 4.78 is 11.5. The van der Waals surface area contributed by atoms with Gasteiger partial charge in [0.05, 0.1) is 6.61 Å². The van der Waals surface area contributed by atoms with Crippen LogP contribution in [0.5, 0.6) is 0 Å². The largest absolute Gasteiger partial charge is 0.381 e. The van der Waals surface area contributed by atoms with Crippen LogP contribution in [-0.4, -0.2) is 74.5 Å². The summed E-state index contributed by atoms with van der Waals surface area (Å²) in [6.07, 6.45) is 4.70. The highest BCUT2D eigenvalue weighted by molar-refractivity contribution is 14.0. The SMILES string of the molecule is CCSC1(CNC(=NC)N2CCC3(CCOC3)C2)CCOCC1.I. The van der Waals surface area contributed by atoms with Gasteiger partial charge in [-0.05, 0) is 31.4 Å². The van der Waals surface area contributed by atoms with Crippen molar-refractivity contribution >= 4 is 41.7 Å². The van der Waals surface area contributed by atoms with E-state index in [1.54, 1.807) is 0 Å². The van der Waals surface area contributed by atoms with E-state index in [9.17, 15) is 0 Å². The molecule has 1 atom stereocenters. The molecule has 0 radical (unpaired) electrons. The first-order valence-electron chi connectivity index (χ1n) is 8.96. The number of thioether (sulfide) groups is 1. The molecule has 3 heterocycles. The third-order valence-corrected chi connectivity index (χ3v) is 7.01. The Hall–Kier alpha value is 0.270. The predicted octanol–water partition coefficient (Wildman–Crippen LogP) is 2.59. The van der Waals surface area contributed by atoms with Gasteiger partial charge in [-0.25, -0.2) is 0 Å². The van der Waals surface area contributed by atoms with Gasteiger partial charge in [-0.1, -0.05) is 6.92 Å². The summed E-state index contributed by atoms with van der Waals surface area (Å²) in [4.78, 5) is 6.98. The van der Waals surface area contributed by atoms with Crippen molar-refractivity contribution in [2.45, 2.75) is 37.4 Å². The molecule has 3 fully saturated rings. The Morgan fingerprint density at radius 1 is 1.17 bits per heavy atom. The van der Waals surface area contributed by atoms with E-state index < -0.39 is 0 Å². The van der Waals surface area contributed by atoms with E-state index in [1.165, 1.54) is 12.8 Å². The van der Waals surface area contributed by atoms with E-state index in [0.29, 0.717) is 10.2 Å². The first kappa shape index (κ1) is 20.6. The van der Waals surface area contributed by atoms with Crippen LogP contribution in [0.15, 0.2) is 4.99 Å². The maximum Gasteiger partial charge on any atom is 0.193 e. The van der Waals surface area contributed by atoms with Gasteiger partial charge in [-0.3, -0.25) is 4.99 Å².